The van der Waals surface area contributed by atoms with Crippen molar-refractivity contribution in [3.05, 3.63) is 142 Å². The summed E-state index contributed by atoms with van der Waals surface area (Å²) in [7, 11) is 6.88. The summed E-state index contributed by atoms with van der Waals surface area (Å²) in [5, 5.41) is 97.0. The number of carbonyl (C=O) groups is 2. The molecule has 6 aromatic rings. The molecule has 0 saturated heterocycles. The van der Waals surface area contributed by atoms with E-state index in [-0.39, 0.29) is 77.1 Å². The fourth-order valence-corrected chi connectivity index (χ4v) is 9.25. The molecule has 79 heavy (non-hydrogen) atoms. The number of aliphatic hydroxyl groups excluding tert-OH is 7. The molecule has 1 aliphatic rings. The van der Waals surface area contributed by atoms with Gasteiger partial charge in [0, 0.05) is 35.1 Å². The SMILES string of the molecule is COc1cc(C=CC=O)ccc1OC(CO)C(O)c1ccc(OC(CO)Cc2cc(OC)c3c(c2)C(CO)C(c2ccc(OC(CO)C(O)c4cc(OC)c(O)c(-c5cc(C(=O)CCO)cc(OC)c5O)c4)c(OC)c2)O3)cc1. The number of methoxy groups -OCH3 is 5. The maximum absolute atomic E-state index is 12.8. The van der Waals surface area contributed by atoms with E-state index in [1.807, 2.05) is 6.07 Å². The van der Waals surface area contributed by atoms with E-state index in [2.05, 4.69) is 0 Å². The van der Waals surface area contributed by atoms with Gasteiger partial charge in [0.25, 0.3) is 0 Å². The largest absolute Gasteiger partial charge is 0.504 e. The third kappa shape index (κ3) is 13.1. The molecule has 7 unspecified atom stereocenters. The molecule has 0 bridgehead atoms. The Labute approximate surface area is 455 Å². The number of benzene rings is 6. The topological polar surface area (TPSA) is 299 Å². The summed E-state index contributed by atoms with van der Waals surface area (Å²) in [4.78, 5) is 23.6. The smallest absolute Gasteiger partial charge is 0.165 e. The Bertz CT molecular complexity index is 3080. The number of Topliss-reactive ketones (excluding diaryl/α,β-unsaturated/α-hetero) is 1. The fraction of sp³-hybridized carbons (Fsp3) is 0.322. The molecule has 0 spiro atoms. The van der Waals surface area contributed by atoms with Crippen molar-refractivity contribution in [3.63, 3.8) is 0 Å². The summed E-state index contributed by atoms with van der Waals surface area (Å²) in [6, 6.07) is 25.2. The predicted molar refractivity (Wildman–Crippen MR) is 286 cm³/mol. The Morgan fingerprint density at radius 2 is 1.20 bits per heavy atom. The Balaban J connectivity index is 1.06. The summed E-state index contributed by atoms with van der Waals surface area (Å²) >= 11 is 0. The van der Waals surface area contributed by atoms with Crippen molar-refractivity contribution in [3.8, 4) is 74.4 Å². The molecule has 7 atom stereocenters. The number of hydrogen-bond acceptors (Lipinski definition) is 20. The number of carbonyl (C=O) groups excluding carboxylic acids is 2. The second-order valence-electron chi connectivity index (χ2n) is 18.2. The second kappa shape index (κ2) is 27.0. The van der Waals surface area contributed by atoms with E-state index in [1.54, 1.807) is 72.8 Å². The molecule has 1 heterocycles. The molecule has 0 radical (unpaired) electrons. The highest BCUT2D eigenvalue weighted by molar-refractivity contribution is 5.99. The third-order valence-electron chi connectivity index (χ3n) is 13.4. The number of fused-ring (bicyclic) bond motifs is 1. The second-order valence-corrected chi connectivity index (χ2v) is 18.2. The summed E-state index contributed by atoms with van der Waals surface area (Å²) in [5.41, 5.74) is 3.03. The Morgan fingerprint density at radius 1 is 0.608 bits per heavy atom. The van der Waals surface area contributed by atoms with Crippen molar-refractivity contribution >= 4 is 18.1 Å². The van der Waals surface area contributed by atoms with Crippen molar-refractivity contribution in [1.29, 1.82) is 0 Å². The van der Waals surface area contributed by atoms with Crippen molar-refractivity contribution in [2.75, 3.05) is 68.6 Å². The van der Waals surface area contributed by atoms with Gasteiger partial charge in [0.2, 0.25) is 0 Å². The Hall–Kier alpha value is -8.08. The number of ketones is 1. The van der Waals surface area contributed by atoms with Crippen LogP contribution in [0.25, 0.3) is 17.2 Å². The maximum Gasteiger partial charge on any atom is 0.165 e. The number of aldehydes is 1. The molecule has 20 nitrogen and oxygen atoms in total. The molecule has 7 rings (SSSR count). The molecule has 0 aliphatic carbocycles. The zero-order chi connectivity index (χ0) is 56.9. The summed E-state index contributed by atoms with van der Waals surface area (Å²) in [6.45, 7) is -2.41. The van der Waals surface area contributed by atoms with E-state index in [9.17, 15) is 55.5 Å². The van der Waals surface area contributed by atoms with Crippen LogP contribution >= 0.6 is 0 Å². The lowest BCUT2D eigenvalue weighted by Gasteiger charge is -2.26. The summed E-state index contributed by atoms with van der Waals surface area (Å²) in [6.07, 6.45) is -3.25. The third-order valence-corrected chi connectivity index (χ3v) is 13.4. The van der Waals surface area contributed by atoms with E-state index in [0.717, 1.165) is 0 Å². The number of aromatic hydroxyl groups is 2. The van der Waals surface area contributed by atoms with Crippen LogP contribution in [0, 0.1) is 0 Å². The first-order valence-electron chi connectivity index (χ1n) is 24.9. The van der Waals surface area contributed by atoms with Crippen LogP contribution in [0.3, 0.4) is 0 Å². The molecular weight excluding hydrogens is 1030 g/mol. The molecule has 0 saturated carbocycles. The summed E-state index contributed by atoms with van der Waals surface area (Å²) < 4.78 is 52.5. The first kappa shape index (κ1) is 58.6. The van der Waals surface area contributed by atoms with Crippen LogP contribution in [0.5, 0.6) is 63.2 Å². The minimum Gasteiger partial charge on any atom is -0.504 e. The zero-order valence-corrected chi connectivity index (χ0v) is 44.0. The molecule has 0 aromatic heterocycles. The summed E-state index contributed by atoms with van der Waals surface area (Å²) in [5.74, 6) is -0.136. The number of aliphatic hydroxyl groups is 7. The Kier molecular flexibility index (Phi) is 20.0. The van der Waals surface area contributed by atoms with Crippen LogP contribution in [-0.2, 0) is 11.2 Å². The quantitative estimate of drug-likeness (QED) is 0.0161. The van der Waals surface area contributed by atoms with Gasteiger partial charge in [-0.2, -0.15) is 0 Å². The normalized spacial score (nSPS) is 15.7. The van der Waals surface area contributed by atoms with Gasteiger partial charge in [-0.3, -0.25) is 9.59 Å². The number of rotatable bonds is 28. The molecule has 1 aliphatic heterocycles. The molecule has 20 heteroatoms. The Morgan fingerprint density at radius 3 is 1.78 bits per heavy atom. The van der Waals surface area contributed by atoms with Crippen molar-refractivity contribution in [2.24, 2.45) is 0 Å². The van der Waals surface area contributed by atoms with E-state index >= 15 is 0 Å². The average molecular weight is 1090 g/mol. The van der Waals surface area contributed by atoms with Crippen LogP contribution in [0.4, 0.5) is 0 Å². The van der Waals surface area contributed by atoms with Gasteiger partial charge in [0.1, 0.15) is 36.5 Å². The van der Waals surface area contributed by atoms with E-state index < -0.39 is 79.6 Å². The molecule has 6 aromatic carbocycles. The maximum atomic E-state index is 12.8. The monoisotopic (exact) mass is 1090 g/mol. The van der Waals surface area contributed by atoms with Crippen molar-refractivity contribution in [1.82, 2.24) is 0 Å². The number of phenolic OH excluding ortho intramolecular Hbond substituents is 2. The van der Waals surface area contributed by atoms with Crippen molar-refractivity contribution < 1.29 is 98.2 Å². The highest BCUT2D eigenvalue weighted by atomic mass is 16.6. The zero-order valence-electron chi connectivity index (χ0n) is 44.0. The van der Waals surface area contributed by atoms with Crippen LogP contribution in [-0.4, -0.2) is 145 Å². The molecule has 420 valence electrons. The van der Waals surface area contributed by atoms with Gasteiger partial charge in [-0.15, -0.1) is 0 Å². The highest BCUT2D eigenvalue weighted by Crippen LogP contribution is 2.52. The number of ether oxygens (including phenoxy) is 9. The minimum absolute atomic E-state index is 0.0489. The van der Waals surface area contributed by atoms with Crippen LogP contribution in [0.15, 0.2) is 103 Å². The van der Waals surface area contributed by atoms with Crippen LogP contribution in [0.1, 0.15) is 74.4 Å². The lowest BCUT2D eigenvalue weighted by atomic mass is 9.90. The van der Waals surface area contributed by atoms with Gasteiger partial charge >= 0.3 is 0 Å². The van der Waals surface area contributed by atoms with E-state index in [1.165, 1.54) is 65.9 Å². The number of phenols is 2. The lowest BCUT2D eigenvalue weighted by Crippen LogP contribution is -2.29. The molecule has 9 N–H and O–H groups in total. The molecule has 0 fully saturated rings. The van der Waals surface area contributed by atoms with E-state index in [4.69, 9.17) is 42.6 Å². The average Bonchev–Trinajstić information content (AvgIpc) is 3.95. The van der Waals surface area contributed by atoms with Gasteiger partial charge in [0.05, 0.1) is 74.5 Å². The first-order valence-corrected chi connectivity index (χ1v) is 24.9. The number of allylic oxidation sites excluding steroid dienone is 1. The van der Waals surface area contributed by atoms with Crippen LogP contribution < -0.4 is 42.6 Å². The highest BCUT2D eigenvalue weighted by Gasteiger charge is 2.39. The first-order chi connectivity index (χ1) is 38.2. The van der Waals surface area contributed by atoms with E-state index in [0.29, 0.717) is 57.1 Å². The van der Waals surface area contributed by atoms with Gasteiger partial charge in [0.15, 0.2) is 75.5 Å². The fourth-order valence-electron chi connectivity index (χ4n) is 9.25. The minimum atomic E-state index is -1.59. The molecule has 0 amide bonds. The molecular formula is C59H64O20. The van der Waals surface area contributed by atoms with Crippen molar-refractivity contribution in [2.45, 2.75) is 55.4 Å². The van der Waals surface area contributed by atoms with Gasteiger partial charge < -0.3 is 88.6 Å². The predicted octanol–water partition coefficient (Wildman–Crippen LogP) is 5.72. The lowest BCUT2D eigenvalue weighted by molar-refractivity contribution is -0.104. The number of hydrogen-bond donors (Lipinski definition) is 9. The van der Waals surface area contributed by atoms with Gasteiger partial charge in [-0.25, -0.2) is 0 Å². The van der Waals surface area contributed by atoms with Gasteiger partial charge in [-0.05, 0) is 101 Å². The van der Waals surface area contributed by atoms with Gasteiger partial charge in [-0.1, -0.05) is 36.4 Å². The standard InChI is InChI=1S/C59H64O20/c1-71-47-21-32(7-6-17-60)8-14-45(47)77-52(30-64)54(67)34-9-12-38(13-10-34)76-39(28-62)19-33-20-42-43(29-63)58(79-59(42)51(22-33)75-5)35-11-15-46(48(25-35)72-2)78-53(31-65)55(68)37-24-41(57(70)50(27-37)74-4)40-23-36(44(66)16-18-61)26-49(73-3)56(40)69/h6-15,17,20-27,39,43,52-55,58,61-65,67-70H,16,18-19,28-31H2,1-5H3. The van der Waals surface area contributed by atoms with Crippen LogP contribution in [0.2, 0.25) is 0 Å².